The number of rotatable bonds is 8. The molecule has 6 heteroatoms. The molecule has 0 aliphatic carbocycles. The van der Waals surface area contributed by atoms with Gasteiger partial charge in [-0.25, -0.2) is 0 Å². The van der Waals surface area contributed by atoms with E-state index in [0.29, 0.717) is 0 Å². The molecule has 5 nitrogen and oxygen atoms in total. The van der Waals surface area contributed by atoms with Crippen molar-refractivity contribution in [2.75, 3.05) is 0 Å². The first-order chi connectivity index (χ1) is 8.99. The fraction of sp³-hybridized carbons (Fsp3) is 0.357. The molecule has 0 saturated heterocycles. The van der Waals surface area contributed by atoms with Crippen molar-refractivity contribution in [3.63, 3.8) is 0 Å². The van der Waals surface area contributed by atoms with Crippen molar-refractivity contribution in [3.05, 3.63) is 35.9 Å². The molecule has 3 N–H and O–H groups in total. The van der Waals surface area contributed by atoms with Gasteiger partial charge >= 0.3 is 35.5 Å². The normalized spacial score (nSPS) is 11.2. The molecular formula is C14H17NNaO4+. The zero-order valence-electron chi connectivity index (χ0n) is 11.5. The Kier molecular flexibility index (Phi) is 9.12. The number of carboxylic acid groups (broad SMARTS) is 1. The minimum Gasteiger partial charge on any atom is -0.481 e. The first kappa shape index (κ1) is 18.8. The van der Waals surface area contributed by atoms with Crippen LogP contribution in [0.5, 0.6) is 0 Å². The van der Waals surface area contributed by atoms with Crippen LogP contribution in [-0.2, 0) is 20.8 Å². The monoisotopic (exact) mass is 286 g/mol. The molecule has 102 valence electrons. The molecule has 0 unspecified atom stereocenters. The molecule has 0 heterocycles. The molecule has 0 spiro atoms. The summed E-state index contributed by atoms with van der Waals surface area (Å²) in [6, 6.07) is 9.13. The van der Waals surface area contributed by atoms with Gasteiger partial charge in [0.25, 0.3) is 0 Å². The zero-order valence-corrected chi connectivity index (χ0v) is 13.5. The molecule has 0 aromatic heterocycles. The van der Waals surface area contributed by atoms with Gasteiger partial charge in [-0.05, 0) is 12.0 Å². The van der Waals surface area contributed by atoms with Gasteiger partial charge in [0, 0.05) is 19.3 Å². The maximum Gasteiger partial charge on any atom is 1.00 e. The van der Waals surface area contributed by atoms with E-state index in [2.05, 4.69) is 0 Å². The van der Waals surface area contributed by atoms with Gasteiger partial charge in [0.2, 0.25) is 5.91 Å². The number of carbonyl (C=O) groups is 3. The van der Waals surface area contributed by atoms with E-state index in [1.807, 2.05) is 30.3 Å². The Bertz CT molecular complexity index is 462. The average molecular weight is 286 g/mol. The third-order valence-corrected chi connectivity index (χ3v) is 2.81. The standard InChI is InChI=1S/C14H17NO4.Na/c15-13(17)7-6-11(14(18)19)9-12(16)8-10-4-2-1-3-5-10;/h1-5,11H,6-9H2,(H2,15,17)(H,18,19);/q;+1/t11-;/m1./s1. The molecule has 1 aromatic carbocycles. The molecule has 20 heavy (non-hydrogen) atoms. The molecular weight excluding hydrogens is 269 g/mol. The SMILES string of the molecule is NC(=O)CC[C@H](CC(=O)Cc1ccccc1)C(=O)O.[Na+]. The number of nitrogens with two attached hydrogens (primary N) is 1. The molecule has 1 aromatic rings. The fourth-order valence-electron chi connectivity index (χ4n) is 1.80. The Labute approximate surface area is 139 Å². The number of benzene rings is 1. The van der Waals surface area contributed by atoms with E-state index in [4.69, 9.17) is 10.8 Å². The number of ketones is 1. The summed E-state index contributed by atoms with van der Waals surface area (Å²) in [5, 5.41) is 9.00. The average Bonchev–Trinajstić information content (AvgIpc) is 2.35. The molecule has 0 aliphatic heterocycles. The Hall–Kier alpha value is -1.17. The summed E-state index contributed by atoms with van der Waals surface area (Å²) in [6.07, 6.45) is 0.222. The van der Waals surface area contributed by atoms with Crippen molar-refractivity contribution in [1.29, 1.82) is 0 Å². The summed E-state index contributed by atoms with van der Waals surface area (Å²) < 4.78 is 0. The summed E-state index contributed by atoms with van der Waals surface area (Å²) in [4.78, 5) is 33.4. The van der Waals surface area contributed by atoms with Crippen LogP contribution in [0.4, 0.5) is 0 Å². The second-order valence-corrected chi connectivity index (χ2v) is 4.45. The Morgan fingerprint density at radius 3 is 2.25 bits per heavy atom. The van der Waals surface area contributed by atoms with E-state index < -0.39 is 17.8 Å². The maximum absolute atomic E-state index is 11.8. The summed E-state index contributed by atoms with van der Waals surface area (Å²) >= 11 is 0. The van der Waals surface area contributed by atoms with Crippen molar-refractivity contribution in [1.82, 2.24) is 0 Å². The Morgan fingerprint density at radius 1 is 1.15 bits per heavy atom. The summed E-state index contributed by atoms with van der Waals surface area (Å²) in [5.74, 6) is -2.61. The van der Waals surface area contributed by atoms with Crippen molar-refractivity contribution in [2.45, 2.75) is 25.7 Å². The minimum absolute atomic E-state index is 0. The topological polar surface area (TPSA) is 97.5 Å². The Balaban J connectivity index is 0.00000361. The van der Waals surface area contributed by atoms with Crippen LogP contribution in [0.3, 0.4) is 0 Å². The maximum atomic E-state index is 11.8. The van der Waals surface area contributed by atoms with Crippen LogP contribution in [-0.4, -0.2) is 22.8 Å². The van der Waals surface area contributed by atoms with Crippen LogP contribution in [0.15, 0.2) is 30.3 Å². The smallest absolute Gasteiger partial charge is 0.481 e. The van der Waals surface area contributed by atoms with Crippen LogP contribution in [0.25, 0.3) is 0 Å². The largest absolute Gasteiger partial charge is 1.00 e. The number of primary amides is 1. The van der Waals surface area contributed by atoms with Crippen LogP contribution in [0.1, 0.15) is 24.8 Å². The first-order valence-corrected chi connectivity index (χ1v) is 6.05. The third-order valence-electron chi connectivity index (χ3n) is 2.81. The predicted octanol–water partition coefficient (Wildman–Crippen LogP) is -1.84. The number of hydrogen-bond donors (Lipinski definition) is 2. The van der Waals surface area contributed by atoms with E-state index in [1.165, 1.54) is 0 Å². The summed E-state index contributed by atoms with van der Waals surface area (Å²) in [5.41, 5.74) is 5.83. The zero-order chi connectivity index (χ0) is 14.3. The van der Waals surface area contributed by atoms with Gasteiger partial charge in [-0.3, -0.25) is 14.4 Å². The first-order valence-electron chi connectivity index (χ1n) is 6.05. The van der Waals surface area contributed by atoms with E-state index in [0.717, 1.165) is 5.56 Å². The number of aliphatic carboxylic acids is 1. The van der Waals surface area contributed by atoms with Gasteiger partial charge in [0.1, 0.15) is 5.78 Å². The van der Waals surface area contributed by atoms with E-state index in [9.17, 15) is 14.4 Å². The molecule has 1 rings (SSSR count). The van der Waals surface area contributed by atoms with Crippen LogP contribution < -0.4 is 35.3 Å². The molecule has 0 bridgehead atoms. The van der Waals surface area contributed by atoms with E-state index >= 15 is 0 Å². The quantitative estimate of drug-likeness (QED) is 0.549. The Morgan fingerprint density at radius 2 is 1.75 bits per heavy atom. The van der Waals surface area contributed by atoms with Crippen LogP contribution in [0.2, 0.25) is 0 Å². The molecule has 1 amide bonds. The molecule has 0 aliphatic rings. The second kappa shape index (κ2) is 9.69. The van der Waals surface area contributed by atoms with Crippen LogP contribution >= 0.6 is 0 Å². The van der Waals surface area contributed by atoms with Crippen molar-refractivity contribution < 1.29 is 49.0 Å². The third kappa shape index (κ3) is 7.43. The van der Waals surface area contributed by atoms with Gasteiger partial charge in [0.15, 0.2) is 0 Å². The molecule has 0 fully saturated rings. The number of carboxylic acids is 1. The molecule has 0 radical (unpaired) electrons. The van der Waals surface area contributed by atoms with Crippen LogP contribution in [0, 0.1) is 5.92 Å². The van der Waals surface area contributed by atoms with Gasteiger partial charge in [-0.2, -0.15) is 0 Å². The summed E-state index contributed by atoms with van der Waals surface area (Å²) in [6.45, 7) is 0. The van der Waals surface area contributed by atoms with Crippen molar-refractivity contribution >= 4 is 17.7 Å². The summed E-state index contributed by atoms with van der Waals surface area (Å²) in [7, 11) is 0. The van der Waals surface area contributed by atoms with Gasteiger partial charge in [-0.1, -0.05) is 30.3 Å². The number of Topliss-reactive ketones (excluding diaryl/α,β-unsaturated/α-hetero) is 1. The molecule has 0 saturated carbocycles. The van der Waals surface area contributed by atoms with E-state index in [-0.39, 0.29) is 61.0 Å². The van der Waals surface area contributed by atoms with Crippen molar-refractivity contribution in [3.8, 4) is 0 Å². The van der Waals surface area contributed by atoms with Gasteiger partial charge in [-0.15, -0.1) is 0 Å². The second-order valence-electron chi connectivity index (χ2n) is 4.45. The van der Waals surface area contributed by atoms with Gasteiger partial charge in [0.05, 0.1) is 5.92 Å². The van der Waals surface area contributed by atoms with Crippen molar-refractivity contribution in [2.24, 2.45) is 11.7 Å². The molecule has 1 atom stereocenters. The number of hydrogen-bond acceptors (Lipinski definition) is 3. The van der Waals surface area contributed by atoms with Gasteiger partial charge < -0.3 is 10.8 Å². The number of amides is 1. The van der Waals surface area contributed by atoms with E-state index in [1.54, 1.807) is 0 Å². The minimum atomic E-state index is -1.07. The number of carbonyl (C=O) groups excluding carboxylic acids is 2. The predicted molar refractivity (Wildman–Crippen MR) is 69.3 cm³/mol. The fourth-order valence-corrected chi connectivity index (χ4v) is 1.80.